The van der Waals surface area contributed by atoms with E-state index in [1.165, 1.54) is 0 Å². The molecular weight excluding hydrogens is 158 g/mol. The first-order valence-corrected chi connectivity index (χ1v) is 3.67. The van der Waals surface area contributed by atoms with Crippen LogP contribution >= 0.6 is 0 Å². The van der Waals surface area contributed by atoms with Crippen molar-refractivity contribution in [3.8, 4) is 0 Å². The van der Waals surface area contributed by atoms with E-state index in [0.29, 0.717) is 11.7 Å². The maximum absolute atomic E-state index is 11.1. The van der Waals surface area contributed by atoms with Crippen molar-refractivity contribution >= 4 is 5.91 Å². The molecule has 0 aliphatic rings. The number of likely N-dealkylation sites (N-methyl/N-ethyl adjacent to an activating group) is 1. The Morgan fingerprint density at radius 3 is 2.75 bits per heavy atom. The summed E-state index contributed by atoms with van der Waals surface area (Å²) in [7, 11) is 1.58. The van der Waals surface area contributed by atoms with Gasteiger partial charge in [0.1, 0.15) is 0 Å². The first-order valence-electron chi connectivity index (χ1n) is 3.67. The molecule has 0 aliphatic heterocycles. The lowest BCUT2D eigenvalue weighted by molar-refractivity contribution is -0.121. The molecule has 1 amide bonds. The van der Waals surface area contributed by atoms with Gasteiger partial charge in [0.25, 0.3) is 0 Å². The molecule has 0 aromatic carbocycles. The van der Waals surface area contributed by atoms with Crippen LogP contribution in [0.2, 0.25) is 0 Å². The van der Waals surface area contributed by atoms with Crippen LogP contribution in [0.1, 0.15) is 24.6 Å². The lowest BCUT2D eigenvalue weighted by Gasteiger charge is -2.02. The van der Waals surface area contributed by atoms with Gasteiger partial charge in [-0.05, 0) is 6.92 Å². The molecule has 1 aromatic rings. The highest BCUT2D eigenvalue weighted by Crippen LogP contribution is 2.10. The third-order valence-electron chi connectivity index (χ3n) is 1.57. The minimum atomic E-state index is -0.354. The number of amides is 1. The van der Waals surface area contributed by atoms with E-state index in [1.807, 2.05) is 0 Å². The van der Waals surface area contributed by atoms with Gasteiger partial charge in [-0.15, -0.1) is 0 Å². The van der Waals surface area contributed by atoms with E-state index in [2.05, 4.69) is 15.5 Å². The first kappa shape index (κ1) is 8.70. The summed E-state index contributed by atoms with van der Waals surface area (Å²) in [5.74, 6) is 0.427. The lowest BCUT2D eigenvalue weighted by Crippen LogP contribution is -2.24. The standard InChI is InChI=1S/C7H11N3O2/c1-4(7(11)8-3)6-9-5(2)12-10-6/h4H,1-3H3,(H,8,11). The average molecular weight is 169 g/mol. The molecule has 0 bridgehead atoms. The summed E-state index contributed by atoms with van der Waals surface area (Å²) in [5.41, 5.74) is 0. The summed E-state index contributed by atoms with van der Waals surface area (Å²) >= 11 is 0. The maximum Gasteiger partial charge on any atom is 0.230 e. The van der Waals surface area contributed by atoms with Gasteiger partial charge in [-0.2, -0.15) is 4.98 Å². The highest BCUT2D eigenvalue weighted by atomic mass is 16.5. The molecule has 5 nitrogen and oxygen atoms in total. The number of nitrogens with one attached hydrogen (secondary N) is 1. The number of aromatic nitrogens is 2. The van der Waals surface area contributed by atoms with Crippen LogP contribution in [0.4, 0.5) is 0 Å². The van der Waals surface area contributed by atoms with Crippen molar-refractivity contribution in [2.75, 3.05) is 7.05 Å². The Hall–Kier alpha value is -1.39. The van der Waals surface area contributed by atoms with Crippen LogP contribution in [-0.2, 0) is 4.79 Å². The molecule has 0 saturated carbocycles. The molecule has 0 aliphatic carbocycles. The summed E-state index contributed by atoms with van der Waals surface area (Å²) in [5, 5.41) is 6.15. The Balaban J connectivity index is 2.77. The molecular formula is C7H11N3O2. The van der Waals surface area contributed by atoms with E-state index in [1.54, 1.807) is 20.9 Å². The lowest BCUT2D eigenvalue weighted by atomic mass is 10.1. The van der Waals surface area contributed by atoms with Gasteiger partial charge >= 0.3 is 0 Å². The average Bonchev–Trinajstić information content (AvgIpc) is 2.49. The van der Waals surface area contributed by atoms with Crippen molar-refractivity contribution in [3.63, 3.8) is 0 Å². The summed E-state index contributed by atoms with van der Waals surface area (Å²) in [4.78, 5) is 15.0. The fourth-order valence-corrected chi connectivity index (χ4v) is 0.825. The van der Waals surface area contributed by atoms with E-state index in [0.717, 1.165) is 0 Å². The zero-order valence-corrected chi connectivity index (χ0v) is 7.29. The first-order chi connectivity index (χ1) is 5.65. The van der Waals surface area contributed by atoms with Crippen molar-refractivity contribution < 1.29 is 9.32 Å². The fourth-order valence-electron chi connectivity index (χ4n) is 0.825. The second-order valence-electron chi connectivity index (χ2n) is 2.51. The number of hydrogen-bond acceptors (Lipinski definition) is 4. The van der Waals surface area contributed by atoms with Gasteiger partial charge in [0, 0.05) is 14.0 Å². The van der Waals surface area contributed by atoms with Gasteiger partial charge in [-0.1, -0.05) is 5.16 Å². The van der Waals surface area contributed by atoms with Gasteiger partial charge in [0.05, 0.1) is 5.92 Å². The van der Waals surface area contributed by atoms with E-state index in [9.17, 15) is 4.79 Å². The zero-order chi connectivity index (χ0) is 9.14. The predicted octanol–water partition coefficient (Wildman–Crippen LogP) is 0.228. The quantitative estimate of drug-likeness (QED) is 0.688. The molecule has 1 heterocycles. The largest absolute Gasteiger partial charge is 0.359 e. The minimum Gasteiger partial charge on any atom is -0.359 e. The van der Waals surface area contributed by atoms with E-state index >= 15 is 0 Å². The summed E-state index contributed by atoms with van der Waals surface area (Å²) in [6.07, 6.45) is 0. The summed E-state index contributed by atoms with van der Waals surface area (Å²) in [6.45, 7) is 3.41. The Morgan fingerprint density at radius 2 is 2.33 bits per heavy atom. The number of rotatable bonds is 2. The molecule has 1 aromatic heterocycles. The topological polar surface area (TPSA) is 68.0 Å². The van der Waals surface area contributed by atoms with Crippen LogP contribution in [0.5, 0.6) is 0 Å². The number of hydrogen-bond donors (Lipinski definition) is 1. The van der Waals surface area contributed by atoms with Crippen molar-refractivity contribution in [1.82, 2.24) is 15.5 Å². The predicted molar refractivity (Wildman–Crippen MR) is 41.5 cm³/mol. The molecule has 1 unspecified atom stereocenters. The molecule has 0 radical (unpaired) electrons. The second kappa shape index (κ2) is 3.34. The third-order valence-corrected chi connectivity index (χ3v) is 1.57. The van der Waals surface area contributed by atoms with Crippen LogP contribution in [0.25, 0.3) is 0 Å². The highest BCUT2D eigenvalue weighted by Gasteiger charge is 2.18. The molecule has 1 N–H and O–H groups in total. The monoisotopic (exact) mass is 169 g/mol. The SMILES string of the molecule is CNC(=O)C(C)c1noc(C)n1. The Bertz CT molecular complexity index is 282. The Kier molecular flexibility index (Phi) is 2.42. The van der Waals surface area contributed by atoms with Crippen molar-refractivity contribution in [3.05, 3.63) is 11.7 Å². The van der Waals surface area contributed by atoms with Crippen LogP contribution in [-0.4, -0.2) is 23.1 Å². The van der Waals surface area contributed by atoms with E-state index in [4.69, 9.17) is 4.52 Å². The van der Waals surface area contributed by atoms with Gasteiger partial charge in [-0.25, -0.2) is 0 Å². The summed E-state index contributed by atoms with van der Waals surface area (Å²) in [6, 6.07) is 0. The smallest absolute Gasteiger partial charge is 0.230 e. The Labute approximate surface area is 70.2 Å². The molecule has 66 valence electrons. The van der Waals surface area contributed by atoms with Crippen LogP contribution < -0.4 is 5.32 Å². The molecule has 1 atom stereocenters. The van der Waals surface area contributed by atoms with Crippen LogP contribution in [0.15, 0.2) is 4.52 Å². The normalized spacial score (nSPS) is 12.6. The van der Waals surface area contributed by atoms with Crippen LogP contribution in [0, 0.1) is 6.92 Å². The van der Waals surface area contributed by atoms with E-state index in [-0.39, 0.29) is 11.8 Å². The molecule has 5 heteroatoms. The zero-order valence-electron chi connectivity index (χ0n) is 7.29. The molecule has 0 fully saturated rings. The van der Waals surface area contributed by atoms with E-state index < -0.39 is 0 Å². The van der Waals surface area contributed by atoms with Crippen molar-refractivity contribution in [2.24, 2.45) is 0 Å². The molecule has 0 spiro atoms. The second-order valence-corrected chi connectivity index (χ2v) is 2.51. The number of carbonyl (C=O) groups excluding carboxylic acids is 1. The van der Waals surface area contributed by atoms with Gasteiger partial charge in [0.15, 0.2) is 5.82 Å². The summed E-state index contributed by atoms with van der Waals surface area (Å²) < 4.78 is 4.74. The molecule has 12 heavy (non-hydrogen) atoms. The van der Waals surface area contributed by atoms with Gasteiger partial charge < -0.3 is 9.84 Å². The highest BCUT2D eigenvalue weighted by molar-refractivity contribution is 5.81. The molecule has 0 saturated heterocycles. The third kappa shape index (κ3) is 1.61. The number of aryl methyl sites for hydroxylation is 1. The fraction of sp³-hybridized carbons (Fsp3) is 0.571. The number of carbonyl (C=O) groups is 1. The van der Waals surface area contributed by atoms with Gasteiger partial charge in [-0.3, -0.25) is 4.79 Å². The molecule has 1 rings (SSSR count). The minimum absolute atomic E-state index is 0.115. The number of nitrogens with zero attached hydrogens (tertiary/aromatic N) is 2. The van der Waals surface area contributed by atoms with Crippen LogP contribution in [0.3, 0.4) is 0 Å². The van der Waals surface area contributed by atoms with Crippen molar-refractivity contribution in [2.45, 2.75) is 19.8 Å². The maximum atomic E-state index is 11.1. The van der Waals surface area contributed by atoms with Gasteiger partial charge in [0.2, 0.25) is 11.8 Å². The van der Waals surface area contributed by atoms with Crippen molar-refractivity contribution in [1.29, 1.82) is 0 Å². The Morgan fingerprint density at radius 1 is 1.67 bits per heavy atom.